The van der Waals surface area contributed by atoms with Crippen LogP contribution in [0.1, 0.15) is 57.8 Å². The predicted molar refractivity (Wildman–Crippen MR) is 57.6 cm³/mol. The lowest BCUT2D eigenvalue weighted by Crippen LogP contribution is -2.27. The van der Waals surface area contributed by atoms with Crippen molar-refractivity contribution in [3.05, 3.63) is 0 Å². The Kier molecular flexibility index (Phi) is 3.45. The fourth-order valence-electron chi connectivity index (χ4n) is 3.45. The summed E-state index contributed by atoms with van der Waals surface area (Å²) in [6, 6.07) is 2.55. The van der Waals surface area contributed by atoms with Crippen LogP contribution in [0.2, 0.25) is 0 Å². The second-order valence-electron chi connectivity index (χ2n) is 5.08. The van der Waals surface area contributed by atoms with Crippen LogP contribution in [0.3, 0.4) is 0 Å². The number of nitriles is 1. The SMILES string of the molecule is N#CC1CCCCC1C1CCCCC1. The van der Waals surface area contributed by atoms with E-state index in [1.165, 1.54) is 57.8 Å². The summed E-state index contributed by atoms with van der Waals surface area (Å²) in [6.07, 6.45) is 12.3. The average molecular weight is 191 g/mol. The normalized spacial score (nSPS) is 35.1. The van der Waals surface area contributed by atoms with E-state index in [1.807, 2.05) is 0 Å². The average Bonchev–Trinajstić information content (AvgIpc) is 2.30. The molecule has 2 unspecified atom stereocenters. The Morgan fingerprint density at radius 3 is 2.14 bits per heavy atom. The third-order valence-electron chi connectivity index (χ3n) is 4.24. The van der Waals surface area contributed by atoms with Crippen LogP contribution in [-0.4, -0.2) is 0 Å². The first kappa shape index (κ1) is 10.0. The van der Waals surface area contributed by atoms with E-state index in [2.05, 4.69) is 6.07 Å². The maximum absolute atomic E-state index is 9.14. The summed E-state index contributed by atoms with van der Waals surface area (Å²) >= 11 is 0. The van der Waals surface area contributed by atoms with Gasteiger partial charge in [-0.2, -0.15) is 5.26 Å². The number of hydrogen-bond donors (Lipinski definition) is 0. The van der Waals surface area contributed by atoms with Gasteiger partial charge in [0, 0.05) is 5.92 Å². The number of nitrogens with zero attached hydrogens (tertiary/aromatic N) is 1. The Bertz CT molecular complexity index is 210. The van der Waals surface area contributed by atoms with Crippen molar-refractivity contribution in [3.63, 3.8) is 0 Å². The summed E-state index contributed by atoms with van der Waals surface area (Å²) in [5.74, 6) is 2.05. The van der Waals surface area contributed by atoms with E-state index in [4.69, 9.17) is 5.26 Å². The van der Waals surface area contributed by atoms with Gasteiger partial charge in [-0.3, -0.25) is 0 Å². The van der Waals surface area contributed by atoms with Gasteiger partial charge in [-0.05, 0) is 24.7 Å². The minimum atomic E-state index is 0.395. The smallest absolute Gasteiger partial charge is 0.0658 e. The molecule has 0 N–H and O–H groups in total. The Morgan fingerprint density at radius 1 is 0.786 bits per heavy atom. The van der Waals surface area contributed by atoms with Gasteiger partial charge in [0.2, 0.25) is 0 Å². The summed E-state index contributed by atoms with van der Waals surface area (Å²) in [6.45, 7) is 0. The van der Waals surface area contributed by atoms with Crippen LogP contribution in [0, 0.1) is 29.1 Å². The zero-order valence-corrected chi connectivity index (χ0v) is 9.04. The lowest BCUT2D eigenvalue weighted by Gasteiger charge is -2.35. The largest absolute Gasteiger partial charge is 0.198 e. The van der Waals surface area contributed by atoms with Crippen LogP contribution >= 0.6 is 0 Å². The molecule has 0 aromatic rings. The molecule has 2 atom stereocenters. The van der Waals surface area contributed by atoms with E-state index in [1.54, 1.807) is 0 Å². The van der Waals surface area contributed by atoms with Gasteiger partial charge in [0.1, 0.15) is 0 Å². The Hall–Kier alpha value is -0.510. The molecule has 0 amide bonds. The van der Waals surface area contributed by atoms with Crippen LogP contribution in [0.25, 0.3) is 0 Å². The molecular weight excluding hydrogens is 170 g/mol. The van der Waals surface area contributed by atoms with Crippen molar-refractivity contribution >= 4 is 0 Å². The molecule has 2 aliphatic rings. The minimum absolute atomic E-state index is 0.395. The van der Waals surface area contributed by atoms with Crippen molar-refractivity contribution in [2.45, 2.75) is 57.8 Å². The highest BCUT2D eigenvalue weighted by Gasteiger charge is 2.32. The predicted octanol–water partition coefficient (Wildman–Crippen LogP) is 3.90. The van der Waals surface area contributed by atoms with Gasteiger partial charge >= 0.3 is 0 Å². The van der Waals surface area contributed by atoms with Crippen molar-refractivity contribution in [2.75, 3.05) is 0 Å². The van der Waals surface area contributed by atoms with E-state index in [9.17, 15) is 0 Å². The molecule has 0 bridgehead atoms. The maximum Gasteiger partial charge on any atom is 0.0658 e. The van der Waals surface area contributed by atoms with Crippen molar-refractivity contribution in [1.29, 1.82) is 5.26 Å². The molecule has 2 rings (SSSR count). The van der Waals surface area contributed by atoms with E-state index in [0.29, 0.717) is 5.92 Å². The number of hydrogen-bond acceptors (Lipinski definition) is 1. The molecule has 78 valence electrons. The highest BCUT2D eigenvalue weighted by Crippen LogP contribution is 2.41. The first-order valence-electron chi connectivity index (χ1n) is 6.31. The summed E-state index contributed by atoms with van der Waals surface area (Å²) in [4.78, 5) is 0. The highest BCUT2D eigenvalue weighted by atomic mass is 14.4. The first-order valence-corrected chi connectivity index (χ1v) is 6.31. The van der Waals surface area contributed by atoms with Gasteiger partial charge in [-0.15, -0.1) is 0 Å². The Labute approximate surface area is 87.5 Å². The van der Waals surface area contributed by atoms with Crippen molar-refractivity contribution in [2.24, 2.45) is 17.8 Å². The third-order valence-corrected chi connectivity index (χ3v) is 4.24. The Morgan fingerprint density at radius 2 is 1.43 bits per heavy atom. The molecule has 1 heteroatoms. The van der Waals surface area contributed by atoms with Crippen LogP contribution in [-0.2, 0) is 0 Å². The quantitative estimate of drug-likeness (QED) is 0.616. The Balaban J connectivity index is 1.95. The second kappa shape index (κ2) is 4.82. The molecule has 0 radical (unpaired) electrons. The zero-order chi connectivity index (χ0) is 9.80. The molecular formula is C13H21N. The van der Waals surface area contributed by atoms with Gasteiger partial charge in [-0.1, -0.05) is 44.9 Å². The lowest BCUT2D eigenvalue weighted by molar-refractivity contribution is 0.159. The first-order chi connectivity index (χ1) is 6.92. The molecule has 14 heavy (non-hydrogen) atoms. The topological polar surface area (TPSA) is 23.8 Å². The van der Waals surface area contributed by atoms with E-state index in [-0.39, 0.29) is 0 Å². The standard InChI is InChI=1S/C13H21N/c14-10-12-8-4-5-9-13(12)11-6-2-1-3-7-11/h11-13H,1-9H2. The molecule has 0 heterocycles. The highest BCUT2D eigenvalue weighted by molar-refractivity contribution is 4.93. The van der Waals surface area contributed by atoms with Crippen molar-refractivity contribution in [1.82, 2.24) is 0 Å². The van der Waals surface area contributed by atoms with Crippen molar-refractivity contribution < 1.29 is 0 Å². The second-order valence-corrected chi connectivity index (χ2v) is 5.08. The van der Waals surface area contributed by atoms with Gasteiger partial charge in [0.25, 0.3) is 0 Å². The molecule has 2 fully saturated rings. The van der Waals surface area contributed by atoms with Gasteiger partial charge in [0.05, 0.1) is 6.07 Å². The molecule has 0 spiro atoms. The van der Waals surface area contributed by atoms with Crippen molar-refractivity contribution in [3.8, 4) is 6.07 Å². The zero-order valence-electron chi connectivity index (χ0n) is 9.04. The van der Waals surface area contributed by atoms with Gasteiger partial charge in [-0.25, -0.2) is 0 Å². The molecule has 0 saturated heterocycles. The minimum Gasteiger partial charge on any atom is -0.198 e. The van der Waals surface area contributed by atoms with E-state index >= 15 is 0 Å². The summed E-state index contributed by atoms with van der Waals surface area (Å²) in [5.41, 5.74) is 0. The molecule has 0 aromatic carbocycles. The molecule has 1 nitrogen and oxygen atoms in total. The van der Waals surface area contributed by atoms with E-state index < -0.39 is 0 Å². The fraction of sp³-hybridized carbons (Fsp3) is 0.923. The van der Waals surface area contributed by atoms with Crippen LogP contribution in [0.15, 0.2) is 0 Å². The summed E-state index contributed by atoms with van der Waals surface area (Å²) < 4.78 is 0. The van der Waals surface area contributed by atoms with Crippen LogP contribution in [0.5, 0.6) is 0 Å². The molecule has 2 aliphatic carbocycles. The summed E-state index contributed by atoms with van der Waals surface area (Å²) in [5, 5.41) is 9.14. The third kappa shape index (κ3) is 2.11. The molecule has 0 aliphatic heterocycles. The monoisotopic (exact) mass is 191 g/mol. The van der Waals surface area contributed by atoms with E-state index in [0.717, 1.165) is 11.8 Å². The van der Waals surface area contributed by atoms with Gasteiger partial charge in [0.15, 0.2) is 0 Å². The number of rotatable bonds is 1. The lowest BCUT2D eigenvalue weighted by atomic mass is 9.68. The fourth-order valence-corrected chi connectivity index (χ4v) is 3.45. The van der Waals surface area contributed by atoms with Crippen LogP contribution in [0.4, 0.5) is 0 Å². The van der Waals surface area contributed by atoms with Crippen LogP contribution < -0.4 is 0 Å². The molecule has 2 saturated carbocycles. The summed E-state index contributed by atoms with van der Waals surface area (Å²) in [7, 11) is 0. The maximum atomic E-state index is 9.14. The van der Waals surface area contributed by atoms with Gasteiger partial charge < -0.3 is 0 Å². The molecule has 0 aromatic heterocycles.